The molecule has 0 unspecified atom stereocenters. The van der Waals surface area contributed by atoms with Gasteiger partial charge in [0.05, 0.1) is 18.8 Å². The lowest BCUT2D eigenvalue weighted by atomic mass is 10.0. The topological polar surface area (TPSA) is 66.8 Å². The molecular formula is C10H15NO4. The van der Waals surface area contributed by atoms with Gasteiger partial charge in [-0.25, -0.2) is 4.79 Å². The van der Waals surface area contributed by atoms with E-state index in [1.165, 1.54) is 0 Å². The highest BCUT2D eigenvalue weighted by molar-refractivity contribution is 5.94. The number of rotatable bonds is 2. The number of carbonyl (C=O) groups excluding carboxylic acids is 1. The number of nitrogens with zero attached hydrogens (tertiary/aromatic N) is 1. The Labute approximate surface area is 88.3 Å². The quantitative estimate of drug-likeness (QED) is 0.668. The maximum Gasteiger partial charge on any atom is 0.328 e. The largest absolute Gasteiger partial charge is 0.478 e. The molecule has 0 radical (unpaired) electrons. The molecule has 1 saturated heterocycles. The number of amides is 1. The van der Waals surface area contributed by atoms with Crippen LogP contribution in [-0.2, 0) is 14.3 Å². The van der Waals surface area contributed by atoms with E-state index in [9.17, 15) is 9.59 Å². The zero-order valence-corrected chi connectivity index (χ0v) is 8.90. The first-order valence-corrected chi connectivity index (χ1v) is 4.74. The van der Waals surface area contributed by atoms with Gasteiger partial charge in [0.2, 0.25) is 5.91 Å². The molecule has 0 aromatic rings. The lowest BCUT2D eigenvalue weighted by Gasteiger charge is -2.41. The first-order valence-electron chi connectivity index (χ1n) is 4.74. The minimum atomic E-state index is -1.12. The number of hydrogen-bond donors (Lipinski definition) is 1. The summed E-state index contributed by atoms with van der Waals surface area (Å²) in [6.07, 6.45) is 1.93. The molecule has 0 spiro atoms. The van der Waals surface area contributed by atoms with E-state index >= 15 is 0 Å². The maximum atomic E-state index is 11.6. The fourth-order valence-electron chi connectivity index (χ4n) is 1.50. The Kier molecular flexibility index (Phi) is 3.47. The summed E-state index contributed by atoms with van der Waals surface area (Å²) in [5.74, 6) is -1.40. The summed E-state index contributed by atoms with van der Waals surface area (Å²) >= 11 is 0. The Balaban J connectivity index is 2.69. The van der Waals surface area contributed by atoms with Gasteiger partial charge in [-0.1, -0.05) is 0 Å². The molecule has 0 aromatic heterocycles. The Morgan fingerprint density at radius 1 is 1.40 bits per heavy atom. The molecule has 0 saturated carbocycles. The number of aliphatic carboxylic acids is 1. The fourth-order valence-corrected chi connectivity index (χ4v) is 1.50. The second kappa shape index (κ2) is 4.44. The van der Waals surface area contributed by atoms with Crippen molar-refractivity contribution in [3.63, 3.8) is 0 Å². The summed E-state index contributed by atoms with van der Waals surface area (Å²) in [6.45, 7) is 5.24. The lowest BCUT2D eigenvalue weighted by molar-refractivity contribution is -0.141. The summed E-state index contributed by atoms with van der Waals surface area (Å²) in [4.78, 5) is 23.5. The number of carboxylic acid groups (broad SMARTS) is 1. The van der Waals surface area contributed by atoms with Crippen LogP contribution in [0.25, 0.3) is 0 Å². The van der Waals surface area contributed by atoms with Crippen molar-refractivity contribution in [2.75, 3.05) is 19.8 Å². The van der Waals surface area contributed by atoms with Crippen molar-refractivity contribution in [3.8, 4) is 0 Å². The van der Waals surface area contributed by atoms with Crippen molar-refractivity contribution < 1.29 is 19.4 Å². The maximum absolute atomic E-state index is 11.6. The van der Waals surface area contributed by atoms with Gasteiger partial charge in [-0.2, -0.15) is 0 Å². The van der Waals surface area contributed by atoms with Crippen LogP contribution in [0.5, 0.6) is 0 Å². The Morgan fingerprint density at radius 3 is 2.60 bits per heavy atom. The highest BCUT2D eigenvalue weighted by Gasteiger charge is 2.32. The van der Waals surface area contributed by atoms with Gasteiger partial charge in [-0.3, -0.25) is 4.79 Å². The molecule has 84 valence electrons. The number of ether oxygens (including phenoxy) is 1. The van der Waals surface area contributed by atoms with Gasteiger partial charge in [-0.05, 0) is 13.8 Å². The van der Waals surface area contributed by atoms with E-state index in [2.05, 4.69) is 0 Å². The van der Waals surface area contributed by atoms with E-state index in [1.54, 1.807) is 4.90 Å². The van der Waals surface area contributed by atoms with Crippen LogP contribution in [0.2, 0.25) is 0 Å². The van der Waals surface area contributed by atoms with Crippen molar-refractivity contribution in [2.45, 2.75) is 19.4 Å². The van der Waals surface area contributed by atoms with Crippen molar-refractivity contribution in [1.29, 1.82) is 0 Å². The van der Waals surface area contributed by atoms with Crippen molar-refractivity contribution in [1.82, 2.24) is 4.90 Å². The molecule has 1 aliphatic rings. The third-order valence-electron chi connectivity index (χ3n) is 2.28. The minimum Gasteiger partial charge on any atom is -0.478 e. The van der Waals surface area contributed by atoms with Crippen LogP contribution in [0.1, 0.15) is 13.8 Å². The van der Waals surface area contributed by atoms with E-state index in [-0.39, 0.29) is 11.4 Å². The number of morpholine rings is 1. The SMILES string of the molecule is CC1(C)COCCN1C(=O)/C=C/C(=O)O. The number of hydrogen-bond acceptors (Lipinski definition) is 3. The van der Waals surface area contributed by atoms with E-state index in [0.29, 0.717) is 19.8 Å². The standard InChI is InChI=1S/C10H15NO4/c1-10(2)7-15-6-5-11(10)8(12)3-4-9(13)14/h3-4H,5-7H2,1-2H3,(H,13,14)/b4-3+. The van der Waals surface area contributed by atoms with Crippen LogP contribution in [0.3, 0.4) is 0 Å². The molecule has 5 nitrogen and oxygen atoms in total. The van der Waals surface area contributed by atoms with Gasteiger partial charge in [-0.15, -0.1) is 0 Å². The van der Waals surface area contributed by atoms with Gasteiger partial charge in [0.25, 0.3) is 0 Å². The summed E-state index contributed by atoms with van der Waals surface area (Å²) in [6, 6.07) is 0. The second-order valence-electron chi connectivity index (χ2n) is 4.03. The van der Waals surface area contributed by atoms with Gasteiger partial charge in [0.1, 0.15) is 0 Å². The van der Waals surface area contributed by atoms with Crippen molar-refractivity contribution in [3.05, 3.63) is 12.2 Å². The summed E-state index contributed by atoms with van der Waals surface area (Å²) < 4.78 is 5.26. The first-order chi connectivity index (χ1) is 6.93. The van der Waals surface area contributed by atoms with Crippen LogP contribution in [-0.4, -0.2) is 47.2 Å². The summed E-state index contributed by atoms with van der Waals surface area (Å²) in [5.41, 5.74) is -0.377. The van der Waals surface area contributed by atoms with Crippen LogP contribution < -0.4 is 0 Å². The smallest absolute Gasteiger partial charge is 0.328 e. The molecule has 0 bridgehead atoms. The average molecular weight is 213 g/mol. The van der Waals surface area contributed by atoms with Crippen LogP contribution >= 0.6 is 0 Å². The minimum absolute atomic E-state index is 0.286. The van der Waals surface area contributed by atoms with E-state index in [4.69, 9.17) is 9.84 Å². The predicted octanol–water partition coefficient (Wildman–Crippen LogP) is 0.265. The van der Waals surface area contributed by atoms with Crippen LogP contribution in [0, 0.1) is 0 Å². The fraction of sp³-hybridized carbons (Fsp3) is 0.600. The van der Waals surface area contributed by atoms with E-state index in [1.807, 2.05) is 13.8 Å². The highest BCUT2D eigenvalue weighted by atomic mass is 16.5. The molecule has 1 rings (SSSR count). The number of carboxylic acids is 1. The highest BCUT2D eigenvalue weighted by Crippen LogP contribution is 2.19. The summed E-state index contributed by atoms with van der Waals surface area (Å²) in [5, 5.41) is 8.41. The van der Waals surface area contributed by atoms with Crippen LogP contribution in [0.15, 0.2) is 12.2 Å². The number of carbonyl (C=O) groups is 2. The third kappa shape index (κ3) is 3.06. The van der Waals surface area contributed by atoms with Gasteiger partial charge < -0.3 is 14.7 Å². The molecule has 0 aromatic carbocycles. The first kappa shape index (κ1) is 11.7. The summed E-state index contributed by atoms with van der Waals surface area (Å²) in [7, 11) is 0. The second-order valence-corrected chi connectivity index (χ2v) is 4.03. The average Bonchev–Trinajstić information content (AvgIpc) is 2.13. The molecule has 1 amide bonds. The Morgan fingerprint density at radius 2 is 2.07 bits per heavy atom. The molecule has 1 fully saturated rings. The molecule has 5 heteroatoms. The van der Waals surface area contributed by atoms with Crippen molar-refractivity contribution in [2.24, 2.45) is 0 Å². The monoisotopic (exact) mass is 213 g/mol. The van der Waals surface area contributed by atoms with E-state index < -0.39 is 5.97 Å². The van der Waals surface area contributed by atoms with E-state index in [0.717, 1.165) is 12.2 Å². The molecule has 0 atom stereocenters. The molecule has 0 aliphatic carbocycles. The Hall–Kier alpha value is -1.36. The molecule has 15 heavy (non-hydrogen) atoms. The normalized spacial score (nSPS) is 20.5. The zero-order chi connectivity index (χ0) is 11.5. The van der Waals surface area contributed by atoms with Crippen molar-refractivity contribution >= 4 is 11.9 Å². The van der Waals surface area contributed by atoms with Gasteiger partial charge >= 0.3 is 5.97 Å². The van der Waals surface area contributed by atoms with Crippen LogP contribution in [0.4, 0.5) is 0 Å². The molecule has 1 aliphatic heterocycles. The Bertz CT molecular complexity index is 296. The zero-order valence-electron chi connectivity index (χ0n) is 8.90. The lowest BCUT2D eigenvalue weighted by Crippen LogP contribution is -2.55. The van der Waals surface area contributed by atoms with Gasteiger partial charge in [0, 0.05) is 18.7 Å². The molecule has 1 N–H and O–H groups in total. The molecule has 1 heterocycles. The van der Waals surface area contributed by atoms with Gasteiger partial charge in [0.15, 0.2) is 0 Å². The predicted molar refractivity (Wildman–Crippen MR) is 53.4 cm³/mol. The molecular weight excluding hydrogens is 198 g/mol. The third-order valence-corrected chi connectivity index (χ3v) is 2.28.